The van der Waals surface area contributed by atoms with Crippen LogP contribution in [0.15, 0.2) is 85.1 Å². The van der Waals surface area contributed by atoms with Gasteiger partial charge in [-0.15, -0.1) is 0 Å². The summed E-state index contributed by atoms with van der Waals surface area (Å²) in [6.45, 7) is 5.07. The van der Waals surface area contributed by atoms with Crippen LogP contribution in [0, 0.1) is 0 Å². The Morgan fingerprint density at radius 3 is 1.24 bits per heavy atom. The fourth-order valence-corrected chi connectivity index (χ4v) is 5.63. The average Bonchev–Trinajstić information content (AvgIpc) is 3.14. The van der Waals surface area contributed by atoms with Crippen LogP contribution in [0.2, 0.25) is 0 Å². The van der Waals surface area contributed by atoms with Crippen LogP contribution in [0.5, 0.6) is 0 Å². The van der Waals surface area contributed by atoms with Gasteiger partial charge in [0.15, 0.2) is 0 Å². The van der Waals surface area contributed by atoms with E-state index < -0.39 is 6.10 Å². The van der Waals surface area contributed by atoms with Crippen LogP contribution in [-0.2, 0) is 14.3 Å². The number of allylic oxidation sites excluding steroid dienone is 14. The van der Waals surface area contributed by atoms with Gasteiger partial charge >= 0.3 is 5.97 Å². The summed E-state index contributed by atoms with van der Waals surface area (Å²) in [6, 6.07) is 0. The van der Waals surface area contributed by atoms with E-state index in [1.54, 1.807) is 0 Å². The zero-order valence-corrected chi connectivity index (χ0v) is 33.3. The molecule has 4 heteroatoms. The van der Waals surface area contributed by atoms with Crippen molar-refractivity contribution in [3.05, 3.63) is 85.1 Å². The van der Waals surface area contributed by atoms with Crippen molar-refractivity contribution in [3.63, 3.8) is 0 Å². The molecule has 0 bridgehead atoms. The molecule has 51 heavy (non-hydrogen) atoms. The number of aliphatic hydroxyl groups excluding tert-OH is 1. The lowest BCUT2D eigenvalue weighted by atomic mass is 10.0. The minimum atomic E-state index is -0.554. The van der Waals surface area contributed by atoms with E-state index in [9.17, 15) is 9.90 Å². The Balaban J connectivity index is 3.45. The van der Waals surface area contributed by atoms with Gasteiger partial charge in [-0.05, 0) is 83.5 Å². The van der Waals surface area contributed by atoms with Crippen molar-refractivity contribution in [3.8, 4) is 0 Å². The van der Waals surface area contributed by atoms with Crippen LogP contribution in [0.25, 0.3) is 0 Å². The molecular weight excluding hydrogens is 629 g/mol. The first-order valence-corrected chi connectivity index (χ1v) is 21.2. The predicted molar refractivity (Wildman–Crippen MR) is 223 cm³/mol. The molecule has 0 saturated heterocycles. The van der Waals surface area contributed by atoms with E-state index in [4.69, 9.17) is 9.47 Å². The maximum Gasteiger partial charge on any atom is 0.306 e. The molecule has 1 unspecified atom stereocenters. The third kappa shape index (κ3) is 41.9. The van der Waals surface area contributed by atoms with Gasteiger partial charge in [0.1, 0.15) is 6.10 Å². The quantitative estimate of drug-likeness (QED) is 0.0394. The Labute approximate surface area is 316 Å². The van der Waals surface area contributed by atoms with Crippen LogP contribution in [-0.4, -0.2) is 37.0 Å². The number of esters is 1. The van der Waals surface area contributed by atoms with Crippen LogP contribution in [0.3, 0.4) is 0 Å². The normalized spacial score (nSPS) is 13.2. The number of rotatable bonds is 38. The van der Waals surface area contributed by atoms with Crippen LogP contribution >= 0.6 is 0 Å². The average molecular weight is 709 g/mol. The van der Waals surface area contributed by atoms with Gasteiger partial charge in [-0.1, -0.05) is 176 Å². The molecule has 0 rings (SSSR count). The Morgan fingerprint density at radius 2 is 0.824 bits per heavy atom. The van der Waals surface area contributed by atoms with Crippen LogP contribution in [0.1, 0.15) is 181 Å². The molecule has 1 atom stereocenters. The summed E-state index contributed by atoms with van der Waals surface area (Å²) >= 11 is 0. The van der Waals surface area contributed by atoms with Crippen molar-refractivity contribution >= 4 is 5.97 Å². The second kappa shape index (κ2) is 43.7. The van der Waals surface area contributed by atoms with Gasteiger partial charge < -0.3 is 14.6 Å². The van der Waals surface area contributed by atoms with E-state index in [0.717, 1.165) is 77.0 Å². The summed E-state index contributed by atoms with van der Waals surface area (Å²) in [7, 11) is 0. The number of carbonyl (C=O) groups is 1. The number of aliphatic hydroxyl groups is 1. The smallest absolute Gasteiger partial charge is 0.306 e. The third-order valence-electron chi connectivity index (χ3n) is 8.72. The molecular formula is C47H80O4. The summed E-state index contributed by atoms with van der Waals surface area (Å²) in [4.78, 5) is 12.2. The molecule has 0 aromatic heterocycles. The van der Waals surface area contributed by atoms with E-state index in [2.05, 4.69) is 98.9 Å². The van der Waals surface area contributed by atoms with Crippen molar-refractivity contribution in [2.45, 2.75) is 187 Å². The monoisotopic (exact) mass is 709 g/mol. The number of ether oxygens (including phenoxy) is 2. The van der Waals surface area contributed by atoms with Crippen LogP contribution in [0.4, 0.5) is 0 Å². The lowest BCUT2D eigenvalue weighted by molar-refractivity contribution is -0.154. The number of hydrogen-bond acceptors (Lipinski definition) is 4. The lowest BCUT2D eigenvalue weighted by Crippen LogP contribution is -2.27. The molecule has 0 aliphatic carbocycles. The molecule has 0 saturated carbocycles. The maximum absolute atomic E-state index is 12.2. The van der Waals surface area contributed by atoms with Crippen molar-refractivity contribution in [1.82, 2.24) is 0 Å². The first kappa shape index (κ1) is 48.6. The van der Waals surface area contributed by atoms with E-state index >= 15 is 0 Å². The largest absolute Gasteiger partial charge is 0.457 e. The molecule has 0 aliphatic rings. The summed E-state index contributed by atoms with van der Waals surface area (Å²) in [5.74, 6) is -0.232. The number of hydrogen-bond donors (Lipinski definition) is 1. The zero-order valence-electron chi connectivity index (χ0n) is 33.3. The van der Waals surface area contributed by atoms with Crippen molar-refractivity contribution < 1.29 is 19.4 Å². The molecule has 1 N–H and O–H groups in total. The van der Waals surface area contributed by atoms with E-state index in [1.165, 1.54) is 83.5 Å². The van der Waals surface area contributed by atoms with Gasteiger partial charge in [0.25, 0.3) is 0 Å². The highest BCUT2D eigenvalue weighted by atomic mass is 16.6. The molecule has 0 amide bonds. The highest BCUT2D eigenvalue weighted by molar-refractivity contribution is 5.69. The highest BCUT2D eigenvalue weighted by Crippen LogP contribution is 2.14. The molecule has 0 spiro atoms. The van der Waals surface area contributed by atoms with Crippen molar-refractivity contribution in [2.75, 3.05) is 19.8 Å². The van der Waals surface area contributed by atoms with Gasteiger partial charge in [0.2, 0.25) is 0 Å². The maximum atomic E-state index is 12.2. The fourth-order valence-electron chi connectivity index (χ4n) is 5.63. The first-order valence-electron chi connectivity index (χ1n) is 21.2. The summed E-state index contributed by atoms with van der Waals surface area (Å²) in [5, 5.41) is 9.58. The highest BCUT2D eigenvalue weighted by Gasteiger charge is 2.13. The van der Waals surface area contributed by atoms with Gasteiger partial charge in [-0.2, -0.15) is 0 Å². The molecule has 0 fully saturated rings. The van der Waals surface area contributed by atoms with Gasteiger partial charge in [-0.25, -0.2) is 0 Å². The molecule has 292 valence electrons. The SMILES string of the molecule is CC/C=C\C/C=C\C/C=C\C/C=C\CCCCCCCCCCCCCCCOCC(CO)OC(=O)CCCCC/C=C\C/C=C\C/C=C\CC. The first-order chi connectivity index (χ1) is 25.2. The van der Waals surface area contributed by atoms with Gasteiger partial charge in [0, 0.05) is 13.0 Å². The Morgan fingerprint density at radius 1 is 0.471 bits per heavy atom. The molecule has 0 aromatic rings. The fraction of sp³-hybridized carbons (Fsp3) is 0.681. The summed E-state index contributed by atoms with van der Waals surface area (Å²) < 4.78 is 11.1. The van der Waals surface area contributed by atoms with Crippen molar-refractivity contribution in [2.24, 2.45) is 0 Å². The second-order valence-electron chi connectivity index (χ2n) is 13.6. The molecule has 4 nitrogen and oxygen atoms in total. The summed E-state index contributed by atoms with van der Waals surface area (Å²) in [6.07, 6.45) is 60.8. The number of carbonyl (C=O) groups excluding carboxylic acids is 1. The molecule has 0 radical (unpaired) electrons. The lowest BCUT2D eigenvalue weighted by Gasteiger charge is -2.15. The van der Waals surface area contributed by atoms with Gasteiger partial charge in [0.05, 0.1) is 13.2 Å². The standard InChI is InChI=1S/C47H80O4/c1-3-5-7-9-11-13-15-17-18-19-20-21-22-23-24-25-26-27-28-29-31-33-35-37-39-41-43-50-45-46(44-48)51-47(49)42-40-38-36-34-32-30-16-14-12-10-8-6-4-2/h5-8,11-14,17-18,20-21,30,32,46,48H,3-4,9-10,15-16,19,22-29,31,33-45H2,1-2H3/b7-5-,8-6-,13-11-,14-12-,18-17-,21-20-,32-30-. The number of unbranched alkanes of at least 4 members (excludes halogenated alkanes) is 16. The Hall–Kier alpha value is -2.43. The van der Waals surface area contributed by atoms with Crippen LogP contribution < -0.4 is 0 Å². The Bertz CT molecular complexity index is 923. The zero-order chi connectivity index (χ0) is 37.0. The minimum Gasteiger partial charge on any atom is -0.457 e. The van der Waals surface area contributed by atoms with Crippen molar-refractivity contribution in [1.29, 1.82) is 0 Å². The molecule has 0 aliphatic heterocycles. The third-order valence-corrected chi connectivity index (χ3v) is 8.72. The Kier molecular flexibility index (Phi) is 41.6. The van der Waals surface area contributed by atoms with E-state index in [1.807, 2.05) is 0 Å². The van der Waals surface area contributed by atoms with Gasteiger partial charge in [-0.3, -0.25) is 4.79 Å². The minimum absolute atomic E-state index is 0.188. The topological polar surface area (TPSA) is 55.8 Å². The summed E-state index contributed by atoms with van der Waals surface area (Å²) in [5.41, 5.74) is 0. The second-order valence-corrected chi connectivity index (χ2v) is 13.6. The predicted octanol–water partition coefficient (Wildman–Crippen LogP) is 14.0. The van der Waals surface area contributed by atoms with E-state index in [-0.39, 0.29) is 19.2 Å². The molecule has 0 heterocycles. The van der Waals surface area contributed by atoms with E-state index in [0.29, 0.717) is 13.0 Å². The molecule has 0 aromatic carbocycles.